The van der Waals surface area contributed by atoms with Gasteiger partial charge in [-0.05, 0) is 30.5 Å². The highest BCUT2D eigenvalue weighted by Gasteiger charge is 2.17. The smallest absolute Gasteiger partial charge is 0.0325 e. The minimum absolute atomic E-state index is 0.214. The van der Waals surface area contributed by atoms with Crippen molar-refractivity contribution in [1.82, 2.24) is 4.90 Å². The number of nitrogens with zero attached hydrogens (tertiary/aromatic N) is 1. The minimum Gasteiger partial charge on any atom is -0.330 e. The molecule has 0 spiro atoms. The van der Waals surface area contributed by atoms with Gasteiger partial charge in [-0.25, -0.2) is 0 Å². The highest BCUT2D eigenvalue weighted by molar-refractivity contribution is 7.09. The predicted octanol–water partition coefficient (Wildman–Crippen LogP) is 2.16. The molecule has 0 atom stereocenters. The summed E-state index contributed by atoms with van der Waals surface area (Å²) in [5.74, 6) is 0. The molecule has 2 nitrogen and oxygen atoms in total. The Labute approximate surface area is 90.7 Å². The average molecular weight is 212 g/mol. The number of hydrogen-bond acceptors (Lipinski definition) is 3. The van der Waals surface area contributed by atoms with Crippen LogP contribution >= 0.6 is 11.3 Å². The topological polar surface area (TPSA) is 29.3 Å². The summed E-state index contributed by atoms with van der Waals surface area (Å²) in [7, 11) is 2.15. The molecule has 0 unspecified atom stereocenters. The van der Waals surface area contributed by atoms with Crippen molar-refractivity contribution in [1.29, 1.82) is 0 Å². The van der Waals surface area contributed by atoms with Crippen LogP contribution < -0.4 is 5.73 Å². The van der Waals surface area contributed by atoms with Gasteiger partial charge in [0, 0.05) is 18.0 Å². The Bertz CT molecular complexity index is 254. The van der Waals surface area contributed by atoms with Gasteiger partial charge in [0.2, 0.25) is 0 Å². The fourth-order valence-corrected chi connectivity index (χ4v) is 2.30. The summed E-state index contributed by atoms with van der Waals surface area (Å²) in [6, 6.07) is 4.28. The van der Waals surface area contributed by atoms with E-state index in [0.29, 0.717) is 0 Å². The van der Waals surface area contributed by atoms with Crippen molar-refractivity contribution >= 4 is 11.3 Å². The van der Waals surface area contributed by atoms with Crippen LogP contribution in [-0.4, -0.2) is 25.0 Å². The molecule has 0 bridgehead atoms. The van der Waals surface area contributed by atoms with Gasteiger partial charge in [0.15, 0.2) is 0 Å². The molecule has 1 aromatic rings. The van der Waals surface area contributed by atoms with E-state index < -0.39 is 0 Å². The summed E-state index contributed by atoms with van der Waals surface area (Å²) in [5.41, 5.74) is 5.92. The van der Waals surface area contributed by atoms with Crippen molar-refractivity contribution in [2.24, 2.45) is 11.1 Å². The molecule has 2 N–H and O–H groups in total. The lowest BCUT2D eigenvalue weighted by Crippen LogP contribution is -2.36. The van der Waals surface area contributed by atoms with E-state index in [-0.39, 0.29) is 5.41 Å². The molecule has 1 aromatic heterocycles. The van der Waals surface area contributed by atoms with Crippen LogP contribution in [0, 0.1) is 5.41 Å². The lowest BCUT2D eigenvalue weighted by Gasteiger charge is -2.28. The molecule has 3 heteroatoms. The van der Waals surface area contributed by atoms with Crippen molar-refractivity contribution < 1.29 is 0 Å². The molecule has 0 aliphatic heterocycles. The fraction of sp³-hybridized carbons (Fsp3) is 0.636. The van der Waals surface area contributed by atoms with E-state index in [0.717, 1.165) is 19.6 Å². The standard InChI is InChI=1S/C11H20N2S/c1-11(2,8-12)9-13(3)7-10-5-4-6-14-10/h4-6H,7-9,12H2,1-3H3. The van der Waals surface area contributed by atoms with Crippen molar-refractivity contribution in [3.8, 4) is 0 Å². The Hall–Kier alpha value is -0.380. The molecule has 0 aromatic carbocycles. The van der Waals surface area contributed by atoms with Crippen LogP contribution in [0.1, 0.15) is 18.7 Å². The summed E-state index contributed by atoms with van der Waals surface area (Å²) in [4.78, 5) is 3.75. The van der Waals surface area contributed by atoms with Crippen LogP contribution in [-0.2, 0) is 6.54 Å². The zero-order chi connectivity index (χ0) is 10.6. The highest BCUT2D eigenvalue weighted by atomic mass is 32.1. The van der Waals surface area contributed by atoms with E-state index in [9.17, 15) is 0 Å². The van der Waals surface area contributed by atoms with Crippen LogP contribution in [0.15, 0.2) is 17.5 Å². The first-order chi connectivity index (χ1) is 6.53. The summed E-state index contributed by atoms with van der Waals surface area (Å²) >= 11 is 1.81. The SMILES string of the molecule is CN(Cc1cccs1)CC(C)(C)CN. The quantitative estimate of drug-likeness (QED) is 0.810. The van der Waals surface area contributed by atoms with E-state index in [4.69, 9.17) is 5.73 Å². The first kappa shape index (κ1) is 11.7. The second-order valence-electron chi connectivity index (χ2n) is 4.62. The van der Waals surface area contributed by atoms with Crippen molar-refractivity contribution in [3.63, 3.8) is 0 Å². The predicted molar refractivity (Wildman–Crippen MR) is 63.5 cm³/mol. The van der Waals surface area contributed by atoms with Crippen LogP contribution in [0.2, 0.25) is 0 Å². The molecule has 0 saturated carbocycles. The minimum atomic E-state index is 0.214. The van der Waals surface area contributed by atoms with Gasteiger partial charge in [-0.2, -0.15) is 0 Å². The van der Waals surface area contributed by atoms with E-state index in [1.165, 1.54) is 4.88 Å². The summed E-state index contributed by atoms with van der Waals surface area (Å²) in [5, 5.41) is 2.12. The van der Waals surface area contributed by atoms with Crippen molar-refractivity contribution in [3.05, 3.63) is 22.4 Å². The maximum atomic E-state index is 5.70. The number of rotatable bonds is 5. The van der Waals surface area contributed by atoms with Gasteiger partial charge < -0.3 is 10.6 Å². The third-order valence-electron chi connectivity index (χ3n) is 2.26. The van der Waals surface area contributed by atoms with E-state index >= 15 is 0 Å². The highest BCUT2D eigenvalue weighted by Crippen LogP contribution is 2.17. The largest absolute Gasteiger partial charge is 0.330 e. The van der Waals surface area contributed by atoms with Crippen LogP contribution in [0.3, 0.4) is 0 Å². The molecule has 0 aliphatic rings. The number of nitrogens with two attached hydrogens (primary N) is 1. The van der Waals surface area contributed by atoms with Gasteiger partial charge in [-0.3, -0.25) is 0 Å². The van der Waals surface area contributed by atoms with Crippen molar-refractivity contribution in [2.75, 3.05) is 20.1 Å². The molecule has 1 rings (SSSR count). The monoisotopic (exact) mass is 212 g/mol. The zero-order valence-corrected chi connectivity index (χ0v) is 10.1. The average Bonchev–Trinajstić information content (AvgIpc) is 2.55. The number of thiophene rings is 1. The van der Waals surface area contributed by atoms with Gasteiger partial charge >= 0.3 is 0 Å². The molecule has 14 heavy (non-hydrogen) atoms. The van der Waals surface area contributed by atoms with E-state index in [1.54, 1.807) is 0 Å². The molecule has 80 valence electrons. The third-order valence-corrected chi connectivity index (χ3v) is 3.12. The van der Waals surface area contributed by atoms with Crippen LogP contribution in [0.4, 0.5) is 0 Å². The Morgan fingerprint density at radius 2 is 2.21 bits per heavy atom. The van der Waals surface area contributed by atoms with Gasteiger partial charge in [0.25, 0.3) is 0 Å². The summed E-state index contributed by atoms with van der Waals surface area (Å²) in [6.07, 6.45) is 0. The lowest BCUT2D eigenvalue weighted by atomic mass is 9.93. The Kier molecular flexibility index (Phi) is 4.11. The third kappa shape index (κ3) is 3.78. The van der Waals surface area contributed by atoms with Crippen LogP contribution in [0.5, 0.6) is 0 Å². The van der Waals surface area contributed by atoms with Crippen molar-refractivity contribution in [2.45, 2.75) is 20.4 Å². The van der Waals surface area contributed by atoms with Gasteiger partial charge in [-0.1, -0.05) is 19.9 Å². The zero-order valence-electron chi connectivity index (χ0n) is 9.29. The Morgan fingerprint density at radius 1 is 1.50 bits per heavy atom. The second kappa shape index (κ2) is 4.91. The molecular formula is C11H20N2S. The maximum Gasteiger partial charge on any atom is 0.0325 e. The van der Waals surface area contributed by atoms with Gasteiger partial charge in [-0.15, -0.1) is 11.3 Å². The van der Waals surface area contributed by atoms with Gasteiger partial charge in [0.05, 0.1) is 0 Å². The summed E-state index contributed by atoms with van der Waals surface area (Å²) < 4.78 is 0. The molecule has 0 amide bonds. The lowest BCUT2D eigenvalue weighted by molar-refractivity contribution is 0.211. The molecule has 1 heterocycles. The van der Waals surface area contributed by atoms with Gasteiger partial charge in [0.1, 0.15) is 0 Å². The molecule has 0 fully saturated rings. The maximum absolute atomic E-state index is 5.70. The first-order valence-corrected chi connectivity index (χ1v) is 5.82. The summed E-state index contributed by atoms with van der Waals surface area (Å²) in [6.45, 7) is 7.22. The molecule has 0 radical (unpaired) electrons. The normalized spacial score (nSPS) is 12.4. The molecular weight excluding hydrogens is 192 g/mol. The number of hydrogen-bond donors (Lipinski definition) is 1. The molecule has 0 saturated heterocycles. The van der Waals surface area contributed by atoms with E-state index in [1.807, 2.05) is 11.3 Å². The Morgan fingerprint density at radius 3 is 2.71 bits per heavy atom. The second-order valence-corrected chi connectivity index (χ2v) is 5.65. The Balaban J connectivity index is 2.40. The molecule has 0 aliphatic carbocycles. The fourth-order valence-electron chi connectivity index (χ4n) is 1.52. The van der Waals surface area contributed by atoms with E-state index in [2.05, 4.69) is 43.3 Å². The first-order valence-electron chi connectivity index (χ1n) is 4.94. The van der Waals surface area contributed by atoms with Crippen LogP contribution in [0.25, 0.3) is 0 Å².